The molecule has 0 aliphatic rings. The highest BCUT2D eigenvalue weighted by Crippen LogP contribution is 2.22. The van der Waals surface area contributed by atoms with Crippen LogP contribution in [0.1, 0.15) is 39.5 Å². The Morgan fingerprint density at radius 2 is 1.87 bits per heavy atom. The second kappa shape index (κ2) is 7.06. The topological polar surface area (TPSA) is 29.5 Å². The van der Waals surface area contributed by atoms with E-state index in [-0.39, 0.29) is 6.61 Å². The summed E-state index contributed by atoms with van der Waals surface area (Å²) < 4.78 is 41.8. The molecule has 0 bridgehead atoms. The van der Waals surface area contributed by atoms with Crippen LogP contribution < -0.4 is 0 Å². The summed E-state index contributed by atoms with van der Waals surface area (Å²) in [5.74, 6) is 0. The van der Waals surface area contributed by atoms with Crippen LogP contribution in [0.3, 0.4) is 0 Å². The van der Waals surface area contributed by atoms with Gasteiger partial charge in [-0.3, -0.25) is 0 Å². The van der Waals surface area contributed by atoms with Crippen molar-refractivity contribution in [2.45, 2.75) is 57.9 Å². The van der Waals surface area contributed by atoms with Gasteiger partial charge in [-0.15, -0.1) is 0 Å². The first-order valence-electron chi connectivity index (χ1n) is 5.25. The molecule has 0 aromatic heterocycles. The van der Waals surface area contributed by atoms with Gasteiger partial charge in [-0.2, -0.15) is 8.78 Å². The summed E-state index contributed by atoms with van der Waals surface area (Å²) in [5.41, 5.74) is 0. The molecule has 0 amide bonds. The number of halogens is 3. The smallest absolute Gasteiger partial charge is 0.375 e. The summed E-state index contributed by atoms with van der Waals surface area (Å²) in [6, 6.07) is 0. The molecule has 2 unspecified atom stereocenters. The number of ether oxygens (including phenoxy) is 1. The first-order valence-corrected chi connectivity index (χ1v) is 5.25. The van der Waals surface area contributed by atoms with Crippen molar-refractivity contribution < 1.29 is 23.0 Å². The van der Waals surface area contributed by atoms with E-state index < -0.39 is 18.4 Å². The van der Waals surface area contributed by atoms with E-state index in [0.29, 0.717) is 0 Å². The molecule has 0 heterocycles. The van der Waals surface area contributed by atoms with Gasteiger partial charge in [0.2, 0.25) is 6.17 Å². The quantitative estimate of drug-likeness (QED) is 0.647. The van der Waals surface area contributed by atoms with Crippen LogP contribution in [-0.2, 0) is 4.74 Å². The van der Waals surface area contributed by atoms with Crippen molar-refractivity contribution >= 4 is 0 Å². The predicted octanol–water partition coefficient (Wildman–Crippen LogP) is 2.90. The van der Waals surface area contributed by atoms with E-state index in [0.717, 1.165) is 25.7 Å². The molecule has 1 N–H and O–H groups in total. The number of hydrogen-bond donors (Lipinski definition) is 1. The molecule has 0 aliphatic heterocycles. The lowest BCUT2D eigenvalue weighted by Crippen LogP contribution is -2.39. The summed E-state index contributed by atoms with van der Waals surface area (Å²) >= 11 is 0. The molecule has 15 heavy (non-hydrogen) atoms. The molecule has 0 aromatic rings. The van der Waals surface area contributed by atoms with Crippen molar-refractivity contribution in [3.05, 3.63) is 0 Å². The summed E-state index contributed by atoms with van der Waals surface area (Å²) in [7, 11) is 0. The van der Waals surface area contributed by atoms with Crippen LogP contribution in [0.25, 0.3) is 0 Å². The molecule has 0 saturated heterocycles. The average Bonchev–Trinajstić information content (AvgIpc) is 2.14. The zero-order valence-electron chi connectivity index (χ0n) is 9.18. The zero-order chi connectivity index (χ0) is 11.9. The summed E-state index contributed by atoms with van der Waals surface area (Å²) in [6.07, 6.45) is -4.49. The minimum absolute atomic E-state index is 0.248. The fraction of sp³-hybridized carbons (Fsp3) is 1.00. The molecule has 0 spiro atoms. The Labute approximate surface area is 88.4 Å². The molecule has 0 rings (SSSR count). The highest BCUT2D eigenvalue weighted by atomic mass is 19.3. The summed E-state index contributed by atoms with van der Waals surface area (Å²) in [5, 5.41) is 8.11. The van der Waals surface area contributed by atoms with Crippen molar-refractivity contribution in [2.24, 2.45) is 0 Å². The Balaban J connectivity index is 3.60. The van der Waals surface area contributed by atoms with Gasteiger partial charge in [0.25, 0.3) is 0 Å². The average molecular weight is 228 g/mol. The first kappa shape index (κ1) is 14.7. The Morgan fingerprint density at radius 1 is 1.27 bits per heavy atom. The minimum atomic E-state index is -4.32. The number of aliphatic hydroxyl groups is 1. The van der Waals surface area contributed by atoms with Gasteiger partial charge in [-0.25, -0.2) is 4.39 Å². The lowest BCUT2D eigenvalue weighted by molar-refractivity contribution is -0.260. The van der Waals surface area contributed by atoms with Crippen molar-refractivity contribution in [3.63, 3.8) is 0 Å². The van der Waals surface area contributed by atoms with Crippen LogP contribution in [0.2, 0.25) is 0 Å². The van der Waals surface area contributed by atoms with Crippen molar-refractivity contribution in [1.29, 1.82) is 0 Å². The highest BCUT2D eigenvalue weighted by Gasteiger charge is 2.41. The normalized spacial score (nSPS) is 16.4. The second-order valence-electron chi connectivity index (χ2n) is 3.63. The van der Waals surface area contributed by atoms with E-state index in [1.807, 2.05) is 6.92 Å². The molecule has 92 valence electrons. The molecule has 0 aliphatic carbocycles. The first-order chi connectivity index (χ1) is 6.89. The van der Waals surface area contributed by atoms with E-state index in [4.69, 9.17) is 9.84 Å². The molecular weight excluding hydrogens is 209 g/mol. The standard InChI is InChI=1S/C10H19F3O2/c1-3-4-5-6-7-15-8(2)9(11)10(12,13)14/h8-9,14H,3-7H2,1-2H3. The van der Waals surface area contributed by atoms with Crippen LogP contribution in [0, 0.1) is 0 Å². The Kier molecular flexibility index (Phi) is 6.92. The third-order valence-corrected chi connectivity index (χ3v) is 2.12. The molecule has 0 fully saturated rings. The SMILES string of the molecule is CCCCCCOC(C)C(F)C(O)(F)F. The lowest BCUT2D eigenvalue weighted by Gasteiger charge is -2.21. The molecule has 5 heteroatoms. The second-order valence-corrected chi connectivity index (χ2v) is 3.63. The molecule has 0 saturated carbocycles. The largest absolute Gasteiger partial charge is 0.387 e. The molecule has 0 radical (unpaired) electrons. The third kappa shape index (κ3) is 6.73. The summed E-state index contributed by atoms with van der Waals surface area (Å²) in [6.45, 7) is 3.49. The molecule has 2 atom stereocenters. The van der Waals surface area contributed by atoms with E-state index in [2.05, 4.69) is 0 Å². The Morgan fingerprint density at radius 3 is 2.33 bits per heavy atom. The lowest BCUT2D eigenvalue weighted by atomic mass is 10.2. The number of alkyl halides is 3. The van der Waals surface area contributed by atoms with Gasteiger partial charge in [-0.05, 0) is 13.3 Å². The van der Waals surface area contributed by atoms with Crippen LogP contribution in [0.5, 0.6) is 0 Å². The van der Waals surface area contributed by atoms with Gasteiger partial charge < -0.3 is 9.84 Å². The minimum Gasteiger partial charge on any atom is -0.375 e. The van der Waals surface area contributed by atoms with Crippen LogP contribution >= 0.6 is 0 Å². The molecule has 0 aromatic carbocycles. The third-order valence-electron chi connectivity index (χ3n) is 2.12. The maximum Gasteiger partial charge on any atom is 0.387 e. The zero-order valence-corrected chi connectivity index (χ0v) is 9.18. The van der Waals surface area contributed by atoms with Crippen LogP contribution in [0.4, 0.5) is 13.2 Å². The van der Waals surface area contributed by atoms with Gasteiger partial charge in [0, 0.05) is 6.61 Å². The molecule has 2 nitrogen and oxygen atoms in total. The van der Waals surface area contributed by atoms with Crippen molar-refractivity contribution in [3.8, 4) is 0 Å². The predicted molar refractivity (Wildman–Crippen MR) is 51.6 cm³/mol. The Bertz CT molecular complexity index is 159. The van der Waals surface area contributed by atoms with E-state index in [9.17, 15) is 13.2 Å². The van der Waals surface area contributed by atoms with Gasteiger partial charge in [0.15, 0.2) is 0 Å². The maximum atomic E-state index is 12.8. The van der Waals surface area contributed by atoms with E-state index in [1.165, 1.54) is 6.92 Å². The number of unbranched alkanes of at least 4 members (excludes halogenated alkanes) is 3. The summed E-state index contributed by atoms with van der Waals surface area (Å²) in [4.78, 5) is 0. The van der Waals surface area contributed by atoms with Gasteiger partial charge in [0.05, 0.1) is 6.10 Å². The molecular formula is C10H19F3O2. The number of hydrogen-bond acceptors (Lipinski definition) is 2. The van der Waals surface area contributed by atoms with Crippen molar-refractivity contribution in [1.82, 2.24) is 0 Å². The van der Waals surface area contributed by atoms with Crippen LogP contribution in [0.15, 0.2) is 0 Å². The van der Waals surface area contributed by atoms with Gasteiger partial charge >= 0.3 is 6.11 Å². The fourth-order valence-corrected chi connectivity index (χ4v) is 1.16. The van der Waals surface area contributed by atoms with E-state index >= 15 is 0 Å². The van der Waals surface area contributed by atoms with Gasteiger partial charge in [0.1, 0.15) is 0 Å². The monoisotopic (exact) mass is 228 g/mol. The number of rotatable bonds is 8. The van der Waals surface area contributed by atoms with E-state index in [1.54, 1.807) is 0 Å². The maximum absolute atomic E-state index is 12.8. The van der Waals surface area contributed by atoms with Crippen molar-refractivity contribution in [2.75, 3.05) is 6.61 Å². The Hall–Kier alpha value is -0.290. The van der Waals surface area contributed by atoms with Gasteiger partial charge in [-0.1, -0.05) is 26.2 Å². The van der Waals surface area contributed by atoms with Crippen LogP contribution in [-0.4, -0.2) is 30.1 Å². The fourth-order valence-electron chi connectivity index (χ4n) is 1.16. The highest BCUT2D eigenvalue weighted by molar-refractivity contribution is 4.72.